The molecule has 0 spiro atoms. The maximum absolute atomic E-state index is 12.4. The summed E-state index contributed by atoms with van der Waals surface area (Å²) in [5.74, 6) is -0.340. The van der Waals surface area contributed by atoms with Gasteiger partial charge in [0.25, 0.3) is 0 Å². The molecule has 0 aromatic carbocycles. The van der Waals surface area contributed by atoms with Crippen LogP contribution < -0.4 is 5.32 Å². The van der Waals surface area contributed by atoms with Crippen LogP contribution in [0.4, 0.5) is 0 Å². The van der Waals surface area contributed by atoms with Gasteiger partial charge in [-0.3, -0.25) is 9.59 Å². The Morgan fingerprint density at radius 3 is 2.32 bits per heavy atom. The molecule has 1 rings (SSSR count). The van der Waals surface area contributed by atoms with E-state index in [9.17, 15) is 9.59 Å². The molecule has 110 valence electrons. The summed E-state index contributed by atoms with van der Waals surface area (Å²) in [4.78, 5) is 24.8. The molecule has 0 aliphatic carbocycles. The van der Waals surface area contributed by atoms with E-state index in [2.05, 4.69) is 5.32 Å². The minimum atomic E-state index is -0.857. The predicted octanol–water partition coefficient (Wildman–Crippen LogP) is 1.48. The quantitative estimate of drug-likeness (QED) is 0.794. The van der Waals surface area contributed by atoms with Crippen LogP contribution in [0, 0.1) is 5.92 Å². The van der Waals surface area contributed by atoms with Crippen molar-refractivity contribution in [2.24, 2.45) is 5.92 Å². The summed E-state index contributed by atoms with van der Waals surface area (Å²) in [6, 6.07) is 0. The smallest absolute Gasteiger partial charge is 0.305 e. The van der Waals surface area contributed by atoms with Crippen LogP contribution in [-0.4, -0.2) is 47.1 Å². The number of carboxylic acids is 1. The van der Waals surface area contributed by atoms with E-state index in [-0.39, 0.29) is 17.9 Å². The second kappa shape index (κ2) is 6.89. The Labute approximate surface area is 115 Å². The Morgan fingerprint density at radius 2 is 1.84 bits per heavy atom. The molecule has 1 amide bonds. The van der Waals surface area contributed by atoms with Gasteiger partial charge in [0.15, 0.2) is 0 Å². The zero-order valence-electron chi connectivity index (χ0n) is 12.2. The van der Waals surface area contributed by atoms with Crippen molar-refractivity contribution in [2.45, 2.75) is 52.0 Å². The third kappa shape index (κ3) is 5.59. The summed E-state index contributed by atoms with van der Waals surface area (Å²) < 4.78 is 0. The molecule has 1 heterocycles. The van der Waals surface area contributed by atoms with Gasteiger partial charge >= 0.3 is 5.97 Å². The molecule has 0 bridgehead atoms. The lowest BCUT2D eigenvalue weighted by Gasteiger charge is -2.37. The largest absolute Gasteiger partial charge is 0.481 e. The molecule has 0 unspecified atom stereocenters. The second-order valence-electron chi connectivity index (χ2n) is 6.26. The normalized spacial score (nSPS) is 17.2. The molecular weight excluding hydrogens is 244 g/mol. The first kappa shape index (κ1) is 16.0. The number of carboxylic acid groups (broad SMARTS) is 1. The van der Waals surface area contributed by atoms with Crippen molar-refractivity contribution in [1.29, 1.82) is 0 Å². The molecule has 2 N–H and O–H groups in total. The minimum absolute atomic E-state index is 0.00916. The lowest BCUT2D eigenvalue weighted by molar-refractivity contribution is -0.141. The van der Waals surface area contributed by atoms with Gasteiger partial charge in [-0.25, -0.2) is 0 Å². The number of carbonyl (C=O) groups is 2. The first-order valence-electron chi connectivity index (χ1n) is 7.03. The molecule has 5 heteroatoms. The van der Waals surface area contributed by atoms with E-state index in [0.29, 0.717) is 18.9 Å². The number of nitrogens with one attached hydrogen (secondary N) is 1. The molecular formula is C14H26N2O3. The maximum Gasteiger partial charge on any atom is 0.305 e. The summed E-state index contributed by atoms with van der Waals surface area (Å²) in [6.45, 7) is 8.10. The van der Waals surface area contributed by atoms with Gasteiger partial charge in [0.05, 0.1) is 6.42 Å². The third-order valence-electron chi connectivity index (χ3n) is 3.58. The molecule has 0 aromatic rings. The first-order chi connectivity index (χ1) is 8.80. The average molecular weight is 270 g/mol. The summed E-state index contributed by atoms with van der Waals surface area (Å²) in [7, 11) is 0. The Balaban J connectivity index is 2.57. The molecule has 1 aliphatic heterocycles. The lowest BCUT2D eigenvalue weighted by atomic mass is 9.93. The number of amides is 1. The number of hydrogen-bond donors (Lipinski definition) is 2. The van der Waals surface area contributed by atoms with Gasteiger partial charge in [0, 0.05) is 18.5 Å². The highest BCUT2D eigenvalue weighted by atomic mass is 16.4. The van der Waals surface area contributed by atoms with Gasteiger partial charge in [-0.1, -0.05) is 0 Å². The standard InChI is InChI=1S/C14H26N2O3/c1-14(2,3)16(9-6-13(18)19)12(17)10-11-4-7-15-8-5-11/h11,15H,4-10H2,1-3H3,(H,18,19). The zero-order valence-corrected chi connectivity index (χ0v) is 12.2. The van der Waals surface area contributed by atoms with Gasteiger partial charge in [-0.15, -0.1) is 0 Å². The van der Waals surface area contributed by atoms with Crippen LogP contribution in [0.5, 0.6) is 0 Å². The Bertz CT molecular complexity index is 317. The third-order valence-corrected chi connectivity index (χ3v) is 3.58. The average Bonchev–Trinajstić information content (AvgIpc) is 2.28. The fourth-order valence-electron chi connectivity index (χ4n) is 2.48. The van der Waals surface area contributed by atoms with Crippen LogP contribution in [0.25, 0.3) is 0 Å². The molecule has 0 saturated carbocycles. The summed E-state index contributed by atoms with van der Waals surface area (Å²) >= 11 is 0. The molecule has 1 saturated heterocycles. The number of nitrogens with zero attached hydrogens (tertiary/aromatic N) is 1. The number of piperidine rings is 1. The number of carbonyl (C=O) groups excluding carboxylic acids is 1. The monoisotopic (exact) mass is 270 g/mol. The van der Waals surface area contributed by atoms with Crippen LogP contribution in [0.15, 0.2) is 0 Å². The SMILES string of the molecule is CC(C)(C)N(CCC(=O)O)C(=O)CC1CCNCC1. The highest BCUT2D eigenvalue weighted by Crippen LogP contribution is 2.21. The topological polar surface area (TPSA) is 69.6 Å². The maximum atomic E-state index is 12.4. The molecule has 1 aliphatic rings. The van der Waals surface area contributed by atoms with Gasteiger partial charge in [-0.05, 0) is 52.6 Å². The number of hydrogen-bond acceptors (Lipinski definition) is 3. The molecule has 1 fully saturated rings. The highest BCUT2D eigenvalue weighted by molar-refractivity contribution is 5.78. The Kier molecular flexibility index (Phi) is 5.79. The first-order valence-corrected chi connectivity index (χ1v) is 7.03. The second-order valence-corrected chi connectivity index (χ2v) is 6.26. The molecule has 0 radical (unpaired) electrons. The molecule has 0 aromatic heterocycles. The summed E-state index contributed by atoms with van der Waals surface area (Å²) in [6.07, 6.45) is 2.61. The van der Waals surface area contributed by atoms with Crippen molar-refractivity contribution in [3.05, 3.63) is 0 Å². The highest BCUT2D eigenvalue weighted by Gasteiger charge is 2.28. The van der Waals surface area contributed by atoms with Crippen molar-refractivity contribution >= 4 is 11.9 Å². The summed E-state index contributed by atoms with van der Waals surface area (Å²) in [5, 5.41) is 12.1. The summed E-state index contributed by atoms with van der Waals surface area (Å²) in [5.41, 5.74) is -0.320. The van der Waals surface area contributed by atoms with E-state index in [1.54, 1.807) is 4.90 Å². The Hall–Kier alpha value is -1.10. The molecule has 5 nitrogen and oxygen atoms in total. The van der Waals surface area contributed by atoms with Crippen LogP contribution in [0.1, 0.15) is 46.5 Å². The predicted molar refractivity (Wildman–Crippen MR) is 73.9 cm³/mol. The van der Waals surface area contributed by atoms with Gasteiger partial charge in [0.2, 0.25) is 5.91 Å². The zero-order chi connectivity index (χ0) is 14.5. The van der Waals surface area contributed by atoms with Gasteiger partial charge in [0.1, 0.15) is 0 Å². The van der Waals surface area contributed by atoms with Crippen LogP contribution in [0.2, 0.25) is 0 Å². The van der Waals surface area contributed by atoms with Crippen LogP contribution in [0.3, 0.4) is 0 Å². The lowest BCUT2D eigenvalue weighted by Crippen LogP contribution is -2.47. The van der Waals surface area contributed by atoms with E-state index in [4.69, 9.17) is 5.11 Å². The van der Waals surface area contributed by atoms with Crippen LogP contribution >= 0.6 is 0 Å². The number of aliphatic carboxylic acids is 1. The van der Waals surface area contributed by atoms with Crippen molar-refractivity contribution in [3.8, 4) is 0 Å². The van der Waals surface area contributed by atoms with E-state index in [1.165, 1.54) is 0 Å². The van der Waals surface area contributed by atoms with E-state index >= 15 is 0 Å². The minimum Gasteiger partial charge on any atom is -0.481 e. The van der Waals surface area contributed by atoms with E-state index < -0.39 is 5.97 Å². The van der Waals surface area contributed by atoms with Crippen molar-refractivity contribution in [2.75, 3.05) is 19.6 Å². The van der Waals surface area contributed by atoms with E-state index in [0.717, 1.165) is 25.9 Å². The fourth-order valence-corrected chi connectivity index (χ4v) is 2.48. The van der Waals surface area contributed by atoms with Crippen molar-refractivity contribution in [3.63, 3.8) is 0 Å². The molecule has 19 heavy (non-hydrogen) atoms. The Morgan fingerprint density at radius 1 is 1.26 bits per heavy atom. The van der Waals surface area contributed by atoms with E-state index in [1.807, 2.05) is 20.8 Å². The van der Waals surface area contributed by atoms with Crippen LogP contribution in [-0.2, 0) is 9.59 Å². The van der Waals surface area contributed by atoms with Gasteiger partial charge in [-0.2, -0.15) is 0 Å². The number of rotatable bonds is 5. The molecule has 0 atom stereocenters. The van der Waals surface area contributed by atoms with Gasteiger partial charge < -0.3 is 15.3 Å². The van der Waals surface area contributed by atoms with Crippen molar-refractivity contribution < 1.29 is 14.7 Å². The fraction of sp³-hybridized carbons (Fsp3) is 0.857. The van der Waals surface area contributed by atoms with Crippen molar-refractivity contribution in [1.82, 2.24) is 10.2 Å².